The van der Waals surface area contributed by atoms with Crippen LogP contribution in [0.3, 0.4) is 0 Å². The molecule has 0 radical (unpaired) electrons. The largest absolute Gasteiger partial charge is 0.458 e. The molecule has 2 rings (SSSR count). The van der Waals surface area contributed by atoms with Crippen molar-refractivity contribution in [3.63, 3.8) is 0 Å². The molecular weight excluding hydrogens is 186 g/mol. The Bertz CT molecular complexity index is 401. The smallest absolute Gasteiger partial charge is 0.150 e. The minimum atomic E-state index is 0.172. The van der Waals surface area contributed by atoms with Crippen molar-refractivity contribution in [3.05, 3.63) is 36.1 Å². The van der Waals surface area contributed by atoms with Crippen molar-refractivity contribution in [2.75, 3.05) is 11.9 Å². The molecule has 1 aromatic carbocycles. The van der Waals surface area contributed by atoms with Gasteiger partial charge in [0, 0.05) is 0 Å². The first-order valence-corrected chi connectivity index (χ1v) is 5.21. The molecule has 0 amide bonds. The maximum absolute atomic E-state index is 5.54. The summed E-state index contributed by atoms with van der Waals surface area (Å²) in [4.78, 5) is 0. The number of benzene rings is 1. The van der Waals surface area contributed by atoms with Gasteiger partial charge in [-0.1, -0.05) is 33.4 Å². The second kappa shape index (κ2) is 3.30. The molecule has 1 aromatic rings. The van der Waals surface area contributed by atoms with Crippen molar-refractivity contribution in [2.45, 2.75) is 26.2 Å². The first-order valence-electron chi connectivity index (χ1n) is 5.21. The van der Waals surface area contributed by atoms with E-state index < -0.39 is 0 Å². The van der Waals surface area contributed by atoms with Crippen molar-refractivity contribution in [3.8, 4) is 5.75 Å². The third-order valence-corrected chi connectivity index (χ3v) is 2.58. The molecule has 0 aliphatic carbocycles. The Balaban J connectivity index is 2.39. The molecule has 0 fully saturated rings. The minimum absolute atomic E-state index is 0.172. The van der Waals surface area contributed by atoms with Gasteiger partial charge in [0.2, 0.25) is 0 Å². The van der Waals surface area contributed by atoms with E-state index in [1.54, 1.807) is 0 Å². The SMILES string of the molecule is C=C1CNc2cc(C(C)(C)C)ccc2O1. The topological polar surface area (TPSA) is 21.3 Å². The Hall–Kier alpha value is -1.44. The lowest BCUT2D eigenvalue weighted by atomic mass is 9.86. The van der Waals surface area contributed by atoms with Crippen molar-refractivity contribution in [1.82, 2.24) is 0 Å². The summed E-state index contributed by atoms with van der Waals surface area (Å²) in [6.07, 6.45) is 0. The van der Waals surface area contributed by atoms with Crippen LogP contribution in [0.15, 0.2) is 30.5 Å². The second-order valence-corrected chi connectivity index (χ2v) is 4.96. The average Bonchev–Trinajstić information content (AvgIpc) is 2.15. The van der Waals surface area contributed by atoms with Gasteiger partial charge in [-0.05, 0) is 23.1 Å². The maximum Gasteiger partial charge on any atom is 0.150 e. The number of anilines is 1. The van der Waals surface area contributed by atoms with Gasteiger partial charge in [0.1, 0.15) is 11.5 Å². The Morgan fingerprint density at radius 1 is 1.33 bits per heavy atom. The number of nitrogens with one attached hydrogen (secondary N) is 1. The van der Waals surface area contributed by atoms with Gasteiger partial charge >= 0.3 is 0 Å². The number of ether oxygens (including phenoxy) is 1. The monoisotopic (exact) mass is 203 g/mol. The van der Waals surface area contributed by atoms with E-state index in [1.807, 2.05) is 6.07 Å². The summed E-state index contributed by atoms with van der Waals surface area (Å²) in [6, 6.07) is 6.27. The summed E-state index contributed by atoms with van der Waals surface area (Å²) in [6.45, 7) is 11.1. The lowest BCUT2D eigenvalue weighted by Crippen LogP contribution is -2.17. The summed E-state index contributed by atoms with van der Waals surface area (Å²) >= 11 is 0. The second-order valence-electron chi connectivity index (χ2n) is 4.96. The van der Waals surface area contributed by atoms with Gasteiger partial charge in [-0.15, -0.1) is 0 Å². The summed E-state index contributed by atoms with van der Waals surface area (Å²) in [5, 5.41) is 3.30. The molecule has 15 heavy (non-hydrogen) atoms. The predicted molar refractivity (Wildman–Crippen MR) is 63.4 cm³/mol. The quantitative estimate of drug-likeness (QED) is 0.698. The van der Waals surface area contributed by atoms with Crippen LogP contribution in [0.4, 0.5) is 5.69 Å². The highest BCUT2D eigenvalue weighted by Crippen LogP contribution is 2.34. The molecule has 0 spiro atoms. The van der Waals surface area contributed by atoms with Crippen LogP contribution in [-0.4, -0.2) is 6.54 Å². The first kappa shape index (κ1) is 10.1. The molecule has 1 N–H and O–H groups in total. The molecule has 1 aliphatic rings. The highest BCUT2D eigenvalue weighted by atomic mass is 16.5. The van der Waals surface area contributed by atoms with Crippen LogP contribution in [0.2, 0.25) is 0 Å². The summed E-state index contributed by atoms with van der Waals surface area (Å²) in [7, 11) is 0. The van der Waals surface area contributed by atoms with Crippen LogP contribution >= 0.6 is 0 Å². The molecule has 0 bridgehead atoms. The average molecular weight is 203 g/mol. The molecule has 0 unspecified atom stereocenters. The van der Waals surface area contributed by atoms with E-state index in [4.69, 9.17) is 4.74 Å². The summed E-state index contributed by atoms with van der Waals surface area (Å²) < 4.78 is 5.54. The molecule has 2 heteroatoms. The minimum Gasteiger partial charge on any atom is -0.458 e. The van der Waals surface area contributed by atoms with Gasteiger partial charge in [0.15, 0.2) is 0 Å². The van der Waals surface area contributed by atoms with E-state index in [2.05, 4.69) is 44.8 Å². The fourth-order valence-corrected chi connectivity index (χ4v) is 1.61. The number of fused-ring (bicyclic) bond motifs is 1. The van der Waals surface area contributed by atoms with E-state index >= 15 is 0 Å². The Kier molecular flexibility index (Phi) is 2.22. The van der Waals surface area contributed by atoms with Gasteiger partial charge in [-0.2, -0.15) is 0 Å². The molecule has 1 heterocycles. The molecule has 0 saturated heterocycles. The highest BCUT2D eigenvalue weighted by Gasteiger charge is 2.18. The standard InChI is InChI=1S/C13H17NO/c1-9-8-14-11-7-10(13(2,3)4)5-6-12(11)15-9/h5-7,14H,1,8H2,2-4H3. The third kappa shape index (κ3) is 1.99. The van der Waals surface area contributed by atoms with Gasteiger partial charge in [0.05, 0.1) is 12.2 Å². The van der Waals surface area contributed by atoms with E-state index in [9.17, 15) is 0 Å². The van der Waals surface area contributed by atoms with Crippen LogP contribution in [0, 0.1) is 0 Å². The zero-order valence-electron chi connectivity index (χ0n) is 9.55. The van der Waals surface area contributed by atoms with Gasteiger partial charge in [-0.3, -0.25) is 0 Å². The van der Waals surface area contributed by atoms with Crippen LogP contribution in [0.5, 0.6) is 5.75 Å². The Morgan fingerprint density at radius 3 is 2.73 bits per heavy atom. The zero-order chi connectivity index (χ0) is 11.1. The number of hydrogen-bond acceptors (Lipinski definition) is 2. The number of hydrogen-bond donors (Lipinski definition) is 1. The highest BCUT2D eigenvalue weighted by molar-refractivity contribution is 5.61. The normalized spacial score (nSPS) is 15.3. The zero-order valence-corrected chi connectivity index (χ0v) is 9.55. The van der Waals surface area contributed by atoms with E-state index in [1.165, 1.54) is 5.56 Å². The maximum atomic E-state index is 5.54. The molecule has 1 aliphatic heterocycles. The van der Waals surface area contributed by atoms with E-state index in [0.717, 1.165) is 17.2 Å². The summed E-state index contributed by atoms with van der Waals surface area (Å²) in [5.74, 6) is 1.64. The molecule has 0 saturated carbocycles. The molecule has 80 valence electrons. The van der Waals surface area contributed by atoms with Crippen molar-refractivity contribution >= 4 is 5.69 Å². The van der Waals surface area contributed by atoms with Crippen molar-refractivity contribution in [2.24, 2.45) is 0 Å². The molecular formula is C13H17NO. The van der Waals surface area contributed by atoms with Crippen LogP contribution in [0.25, 0.3) is 0 Å². The first-order chi connectivity index (χ1) is 6.97. The van der Waals surface area contributed by atoms with Crippen LogP contribution in [-0.2, 0) is 5.41 Å². The van der Waals surface area contributed by atoms with Crippen molar-refractivity contribution < 1.29 is 4.74 Å². The molecule has 0 aromatic heterocycles. The van der Waals surface area contributed by atoms with E-state index in [0.29, 0.717) is 6.54 Å². The fraction of sp³-hybridized carbons (Fsp3) is 0.385. The Labute approximate surface area is 91.0 Å². The van der Waals surface area contributed by atoms with Crippen LogP contribution in [0.1, 0.15) is 26.3 Å². The molecule has 0 atom stereocenters. The summed E-state index contributed by atoms with van der Waals surface area (Å²) in [5.41, 5.74) is 2.55. The van der Waals surface area contributed by atoms with Gasteiger partial charge in [-0.25, -0.2) is 0 Å². The van der Waals surface area contributed by atoms with Crippen molar-refractivity contribution in [1.29, 1.82) is 0 Å². The molecule has 2 nitrogen and oxygen atoms in total. The Morgan fingerprint density at radius 2 is 2.07 bits per heavy atom. The lowest BCUT2D eigenvalue weighted by molar-refractivity contribution is 0.414. The van der Waals surface area contributed by atoms with Gasteiger partial charge < -0.3 is 10.1 Å². The van der Waals surface area contributed by atoms with Gasteiger partial charge in [0.25, 0.3) is 0 Å². The fourth-order valence-electron chi connectivity index (χ4n) is 1.61. The van der Waals surface area contributed by atoms with Crippen LogP contribution < -0.4 is 10.1 Å². The predicted octanol–water partition coefficient (Wildman–Crippen LogP) is 3.30. The van der Waals surface area contributed by atoms with E-state index in [-0.39, 0.29) is 5.41 Å². The number of rotatable bonds is 0. The lowest BCUT2D eigenvalue weighted by Gasteiger charge is -2.25. The third-order valence-electron chi connectivity index (χ3n) is 2.58.